The second-order valence-electron chi connectivity index (χ2n) is 7.21. The lowest BCUT2D eigenvalue weighted by atomic mass is 10.1. The van der Waals surface area contributed by atoms with E-state index in [2.05, 4.69) is 29.1 Å². The van der Waals surface area contributed by atoms with Crippen LogP contribution in [0.2, 0.25) is 0 Å². The molecule has 1 N–H and O–H groups in total. The molecule has 1 aliphatic heterocycles. The van der Waals surface area contributed by atoms with Gasteiger partial charge in [0.1, 0.15) is 11.5 Å². The lowest BCUT2D eigenvalue weighted by Gasteiger charge is -2.37. The van der Waals surface area contributed by atoms with Crippen LogP contribution in [0.5, 0.6) is 5.75 Å². The van der Waals surface area contributed by atoms with Crippen molar-refractivity contribution >= 4 is 5.91 Å². The number of hydrogen-bond acceptors (Lipinski definition) is 5. The van der Waals surface area contributed by atoms with Gasteiger partial charge in [0.15, 0.2) is 6.61 Å². The highest BCUT2D eigenvalue weighted by molar-refractivity contribution is 5.77. The van der Waals surface area contributed by atoms with Crippen LogP contribution in [-0.2, 0) is 4.79 Å². The van der Waals surface area contributed by atoms with Crippen molar-refractivity contribution in [3.63, 3.8) is 0 Å². The third-order valence-electron chi connectivity index (χ3n) is 5.19. The zero-order chi connectivity index (χ0) is 19.2. The number of hydrogen-bond donors (Lipinski definition) is 1. The van der Waals surface area contributed by atoms with E-state index in [4.69, 9.17) is 9.15 Å². The molecule has 6 nitrogen and oxygen atoms in total. The number of nitrogens with one attached hydrogen (secondary N) is 1. The van der Waals surface area contributed by atoms with Crippen LogP contribution in [0.3, 0.4) is 0 Å². The Bertz CT molecular complexity index is 737. The maximum absolute atomic E-state index is 12.3. The van der Waals surface area contributed by atoms with Crippen molar-refractivity contribution in [1.29, 1.82) is 0 Å². The zero-order valence-electron chi connectivity index (χ0n) is 16.4. The third kappa shape index (κ3) is 5.34. The molecule has 2 heterocycles. The minimum atomic E-state index is -0.126. The predicted octanol–water partition coefficient (Wildman–Crippen LogP) is 2.38. The van der Waals surface area contributed by atoms with E-state index >= 15 is 0 Å². The number of aryl methyl sites for hydroxylation is 2. The van der Waals surface area contributed by atoms with Gasteiger partial charge in [-0.05, 0) is 56.3 Å². The van der Waals surface area contributed by atoms with Crippen LogP contribution in [0.25, 0.3) is 0 Å². The largest absolute Gasteiger partial charge is 0.484 e. The highest BCUT2D eigenvalue weighted by atomic mass is 16.5. The number of amides is 1. The number of likely N-dealkylation sites (N-methyl/N-ethyl adjacent to an activating group) is 1. The average Bonchev–Trinajstić information content (AvgIpc) is 3.19. The molecule has 1 amide bonds. The predicted molar refractivity (Wildman–Crippen MR) is 105 cm³/mol. The quantitative estimate of drug-likeness (QED) is 0.810. The van der Waals surface area contributed by atoms with Crippen molar-refractivity contribution in [2.45, 2.75) is 19.9 Å². The molecule has 6 heteroatoms. The van der Waals surface area contributed by atoms with Crippen molar-refractivity contribution in [1.82, 2.24) is 15.1 Å². The summed E-state index contributed by atoms with van der Waals surface area (Å²) in [6.45, 7) is 8.55. The molecule has 1 saturated heterocycles. The van der Waals surface area contributed by atoms with E-state index in [0.717, 1.165) is 43.3 Å². The summed E-state index contributed by atoms with van der Waals surface area (Å²) >= 11 is 0. The molecule has 0 radical (unpaired) electrons. The average molecular weight is 371 g/mol. The lowest BCUT2D eigenvalue weighted by molar-refractivity contribution is -0.123. The number of benzene rings is 1. The maximum atomic E-state index is 12.3. The summed E-state index contributed by atoms with van der Waals surface area (Å²) in [6, 6.07) is 9.76. The molecule has 27 heavy (non-hydrogen) atoms. The molecular formula is C21H29N3O3. The Balaban J connectivity index is 1.53. The van der Waals surface area contributed by atoms with Gasteiger partial charge in [-0.25, -0.2) is 0 Å². The number of piperazine rings is 1. The van der Waals surface area contributed by atoms with E-state index in [9.17, 15) is 4.79 Å². The number of carbonyl (C=O) groups excluding carboxylic acids is 1. The Hall–Kier alpha value is -2.31. The fourth-order valence-corrected chi connectivity index (χ4v) is 3.24. The SMILES string of the molecule is Cc1ccc(OCC(=O)NC[C@H](c2ccco2)N2CCN(C)CC2)cc1C. The summed E-state index contributed by atoms with van der Waals surface area (Å²) in [4.78, 5) is 17.0. The van der Waals surface area contributed by atoms with Gasteiger partial charge in [0.2, 0.25) is 0 Å². The lowest BCUT2D eigenvalue weighted by Crippen LogP contribution is -2.48. The molecule has 1 aliphatic rings. The third-order valence-corrected chi connectivity index (χ3v) is 5.19. The molecule has 3 rings (SSSR count). The van der Waals surface area contributed by atoms with Crippen molar-refractivity contribution in [3.05, 3.63) is 53.5 Å². The highest BCUT2D eigenvalue weighted by Gasteiger charge is 2.26. The summed E-state index contributed by atoms with van der Waals surface area (Å²) in [5, 5.41) is 3.00. The van der Waals surface area contributed by atoms with E-state index in [1.807, 2.05) is 37.3 Å². The topological polar surface area (TPSA) is 58.0 Å². The van der Waals surface area contributed by atoms with Crippen LogP contribution in [-0.4, -0.2) is 62.1 Å². The molecule has 1 fully saturated rings. The zero-order valence-corrected chi connectivity index (χ0v) is 16.4. The maximum Gasteiger partial charge on any atom is 0.258 e. The van der Waals surface area contributed by atoms with Crippen LogP contribution in [0.1, 0.15) is 22.9 Å². The normalized spacial score (nSPS) is 16.9. The number of ether oxygens (including phenoxy) is 1. The minimum Gasteiger partial charge on any atom is -0.484 e. The second-order valence-corrected chi connectivity index (χ2v) is 7.21. The van der Waals surface area contributed by atoms with Gasteiger partial charge in [-0.1, -0.05) is 6.07 Å². The molecule has 0 aliphatic carbocycles. The summed E-state index contributed by atoms with van der Waals surface area (Å²) in [5.41, 5.74) is 2.36. The van der Waals surface area contributed by atoms with E-state index in [1.54, 1.807) is 6.26 Å². The van der Waals surface area contributed by atoms with Gasteiger partial charge in [0.25, 0.3) is 5.91 Å². The van der Waals surface area contributed by atoms with Crippen molar-refractivity contribution < 1.29 is 13.9 Å². The fraction of sp³-hybridized carbons (Fsp3) is 0.476. The van der Waals surface area contributed by atoms with Crippen molar-refractivity contribution in [3.8, 4) is 5.75 Å². The van der Waals surface area contributed by atoms with E-state index < -0.39 is 0 Å². The van der Waals surface area contributed by atoms with Crippen LogP contribution in [0, 0.1) is 13.8 Å². The second kappa shape index (κ2) is 9.06. The van der Waals surface area contributed by atoms with Crippen LogP contribution in [0.4, 0.5) is 0 Å². The molecule has 1 aromatic heterocycles. The van der Waals surface area contributed by atoms with E-state index in [1.165, 1.54) is 5.56 Å². The summed E-state index contributed by atoms with van der Waals surface area (Å²) in [7, 11) is 2.13. The number of nitrogens with zero attached hydrogens (tertiary/aromatic N) is 2. The smallest absolute Gasteiger partial charge is 0.258 e. The first-order valence-corrected chi connectivity index (χ1v) is 9.45. The fourth-order valence-electron chi connectivity index (χ4n) is 3.24. The Labute approximate surface area is 161 Å². The highest BCUT2D eigenvalue weighted by Crippen LogP contribution is 2.22. The first-order valence-electron chi connectivity index (χ1n) is 9.45. The van der Waals surface area contributed by atoms with Gasteiger partial charge >= 0.3 is 0 Å². The Morgan fingerprint density at radius 1 is 1.19 bits per heavy atom. The van der Waals surface area contributed by atoms with Crippen LogP contribution < -0.4 is 10.1 Å². The molecule has 0 saturated carbocycles. The molecule has 1 atom stereocenters. The Morgan fingerprint density at radius 3 is 2.63 bits per heavy atom. The summed E-state index contributed by atoms with van der Waals surface area (Å²) in [6.07, 6.45) is 1.68. The number of rotatable bonds is 7. The number of furan rings is 1. The van der Waals surface area contributed by atoms with Gasteiger partial charge in [-0.2, -0.15) is 0 Å². The first-order chi connectivity index (χ1) is 13.0. The molecule has 0 bridgehead atoms. The monoisotopic (exact) mass is 371 g/mol. The Kier molecular flexibility index (Phi) is 6.53. The molecule has 1 aromatic carbocycles. The first kappa shape index (κ1) is 19.5. The standard InChI is InChI=1S/C21H29N3O3/c1-16-6-7-18(13-17(16)2)27-15-21(25)22-14-19(20-5-4-12-26-20)24-10-8-23(3)9-11-24/h4-7,12-13,19H,8-11,14-15H2,1-3H3,(H,22,25)/t19-/m1/s1. The number of carbonyl (C=O) groups is 1. The van der Waals surface area contributed by atoms with Crippen molar-refractivity contribution in [2.24, 2.45) is 0 Å². The van der Waals surface area contributed by atoms with E-state index in [-0.39, 0.29) is 18.6 Å². The van der Waals surface area contributed by atoms with Gasteiger partial charge in [-0.15, -0.1) is 0 Å². The van der Waals surface area contributed by atoms with Gasteiger partial charge in [-0.3, -0.25) is 9.69 Å². The summed E-state index contributed by atoms with van der Waals surface area (Å²) in [5.74, 6) is 1.48. The van der Waals surface area contributed by atoms with Gasteiger partial charge < -0.3 is 19.4 Å². The Morgan fingerprint density at radius 2 is 1.96 bits per heavy atom. The molecule has 0 unspecified atom stereocenters. The summed E-state index contributed by atoms with van der Waals surface area (Å²) < 4.78 is 11.3. The molecule has 2 aromatic rings. The van der Waals surface area contributed by atoms with Gasteiger partial charge in [0, 0.05) is 32.7 Å². The minimum absolute atomic E-state index is 0.0100. The van der Waals surface area contributed by atoms with E-state index in [0.29, 0.717) is 6.54 Å². The van der Waals surface area contributed by atoms with Crippen molar-refractivity contribution in [2.75, 3.05) is 46.4 Å². The molecule has 0 spiro atoms. The van der Waals surface area contributed by atoms with Crippen LogP contribution >= 0.6 is 0 Å². The molecule has 146 valence electrons. The van der Waals surface area contributed by atoms with Crippen LogP contribution in [0.15, 0.2) is 41.0 Å². The molecular weight excluding hydrogens is 342 g/mol. The van der Waals surface area contributed by atoms with Gasteiger partial charge in [0.05, 0.1) is 12.3 Å².